The summed E-state index contributed by atoms with van der Waals surface area (Å²) in [5.74, 6) is -0.147. The summed E-state index contributed by atoms with van der Waals surface area (Å²) in [7, 11) is 0. The molecule has 0 fully saturated rings. The van der Waals surface area contributed by atoms with Crippen LogP contribution in [0.3, 0.4) is 0 Å². The van der Waals surface area contributed by atoms with Gasteiger partial charge < -0.3 is 5.32 Å². The van der Waals surface area contributed by atoms with Crippen molar-refractivity contribution in [1.29, 1.82) is 0 Å². The molecular formula is C15H20FN. The van der Waals surface area contributed by atoms with Gasteiger partial charge in [0.15, 0.2) is 0 Å². The molecule has 0 atom stereocenters. The van der Waals surface area contributed by atoms with Crippen LogP contribution in [-0.2, 0) is 6.54 Å². The van der Waals surface area contributed by atoms with Crippen molar-refractivity contribution in [2.75, 3.05) is 6.54 Å². The molecule has 1 aromatic rings. The molecule has 2 heteroatoms. The summed E-state index contributed by atoms with van der Waals surface area (Å²) in [5.41, 5.74) is 3.79. The average Bonchev–Trinajstić information content (AvgIpc) is 2.82. The predicted molar refractivity (Wildman–Crippen MR) is 69.4 cm³/mol. The SMILES string of the molecule is Cc1ccc(F)cc1CNCCC1=CCCC1. The van der Waals surface area contributed by atoms with Gasteiger partial charge in [0.1, 0.15) is 5.82 Å². The molecule has 1 aliphatic rings. The topological polar surface area (TPSA) is 12.0 Å². The highest BCUT2D eigenvalue weighted by molar-refractivity contribution is 5.26. The van der Waals surface area contributed by atoms with E-state index in [1.165, 1.54) is 25.3 Å². The van der Waals surface area contributed by atoms with Gasteiger partial charge in [-0.05, 0) is 62.4 Å². The first-order valence-electron chi connectivity index (χ1n) is 6.39. The van der Waals surface area contributed by atoms with E-state index in [9.17, 15) is 4.39 Å². The van der Waals surface area contributed by atoms with E-state index in [0.29, 0.717) is 0 Å². The maximum Gasteiger partial charge on any atom is 0.123 e. The number of benzene rings is 1. The van der Waals surface area contributed by atoms with Crippen LogP contribution in [-0.4, -0.2) is 6.54 Å². The van der Waals surface area contributed by atoms with Crippen LogP contribution in [0.4, 0.5) is 4.39 Å². The summed E-state index contributed by atoms with van der Waals surface area (Å²) >= 11 is 0. The minimum Gasteiger partial charge on any atom is -0.312 e. The van der Waals surface area contributed by atoms with E-state index < -0.39 is 0 Å². The molecule has 1 aliphatic carbocycles. The maximum atomic E-state index is 13.1. The zero-order valence-corrected chi connectivity index (χ0v) is 10.4. The van der Waals surface area contributed by atoms with Crippen LogP contribution in [0, 0.1) is 12.7 Å². The smallest absolute Gasteiger partial charge is 0.123 e. The first-order chi connectivity index (χ1) is 8.25. The van der Waals surface area contributed by atoms with Crippen molar-refractivity contribution in [3.05, 3.63) is 46.8 Å². The van der Waals surface area contributed by atoms with Crippen LogP contribution < -0.4 is 5.32 Å². The fourth-order valence-corrected chi connectivity index (χ4v) is 2.27. The van der Waals surface area contributed by atoms with Gasteiger partial charge in [-0.25, -0.2) is 4.39 Å². The molecule has 0 heterocycles. The van der Waals surface area contributed by atoms with E-state index in [-0.39, 0.29) is 5.82 Å². The van der Waals surface area contributed by atoms with Crippen molar-refractivity contribution in [1.82, 2.24) is 5.32 Å². The summed E-state index contributed by atoms with van der Waals surface area (Å²) in [6, 6.07) is 4.98. The Morgan fingerprint density at radius 2 is 2.24 bits per heavy atom. The van der Waals surface area contributed by atoms with Gasteiger partial charge in [-0.2, -0.15) is 0 Å². The molecule has 2 rings (SSSR count). The lowest BCUT2D eigenvalue weighted by atomic mass is 10.1. The Morgan fingerprint density at radius 1 is 1.35 bits per heavy atom. The summed E-state index contributed by atoms with van der Waals surface area (Å²) in [6.45, 7) is 3.77. The van der Waals surface area contributed by atoms with E-state index in [1.807, 2.05) is 13.0 Å². The monoisotopic (exact) mass is 233 g/mol. The standard InChI is InChI=1S/C15H20FN/c1-12-6-7-15(16)10-14(12)11-17-9-8-13-4-2-3-5-13/h4,6-7,10,17H,2-3,5,8-9,11H2,1H3. The molecule has 0 aromatic heterocycles. The number of hydrogen-bond acceptors (Lipinski definition) is 1. The number of nitrogens with one attached hydrogen (secondary N) is 1. The lowest BCUT2D eigenvalue weighted by Gasteiger charge is -2.08. The van der Waals surface area contributed by atoms with Crippen LogP contribution in [0.25, 0.3) is 0 Å². The van der Waals surface area contributed by atoms with Gasteiger partial charge in [0.05, 0.1) is 0 Å². The molecule has 17 heavy (non-hydrogen) atoms. The summed E-state index contributed by atoms with van der Waals surface area (Å²) in [5, 5.41) is 3.39. The van der Waals surface area contributed by atoms with Crippen LogP contribution >= 0.6 is 0 Å². The summed E-state index contributed by atoms with van der Waals surface area (Å²) in [6.07, 6.45) is 7.32. The van der Waals surface area contributed by atoms with E-state index in [0.717, 1.165) is 30.6 Å². The molecule has 0 saturated heterocycles. The molecular weight excluding hydrogens is 213 g/mol. The Hall–Kier alpha value is -1.15. The first kappa shape index (κ1) is 12.3. The molecule has 0 saturated carbocycles. The lowest BCUT2D eigenvalue weighted by molar-refractivity contribution is 0.618. The van der Waals surface area contributed by atoms with Crippen molar-refractivity contribution in [2.24, 2.45) is 0 Å². The number of aryl methyl sites for hydroxylation is 1. The first-order valence-corrected chi connectivity index (χ1v) is 6.39. The molecule has 0 radical (unpaired) electrons. The minimum absolute atomic E-state index is 0.147. The van der Waals surface area contributed by atoms with Gasteiger partial charge in [-0.1, -0.05) is 17.7 Å². The summed E-state index contributed by atoms with van der Waals surface area (Å²) in [4.78, 5) is 0. The Morgan fingerprint density at radius 3 is 3.00 bits per heavy atom. The van der Waals surface area contributed by atoms with Gasteiger partial charge >= 0.3 is 0 Å². The predicted octanol–water partition coefficient (Wildman–Crippen LogP) is 3.72. The van der Waals surface area contributed by atoms with Gasteiger partial charge in [0.25, 0.3) is 0 Å². The zero-order chi connectivity index (χ0) is 12.1. The van der Waals surface area contributed by atoms with Gasteiger partial charge in [0.2, 0.25) is 0 Å². The largest absolute Gasteiger partial charge is 0.312 e. The van der Waals surface area contributed by atoms with E-state index in [2.05, 4.69) is 11.4 Å². The molecule has 0 bridgehead atoms. The van der Waals surface area contributed by atoms with Crippen LogP contribution in [0.5, 0.6) is 0 Å². The number of allylic oxidation sites excluding steroid dienone is 1. The molecule has 0 unspecified atom stereocenters. The molecule has 0 spiro atoms. The third-order valence-electron chi connectivity index (χ3n) is 3.38. The zero-order valence-electron chi connectivity index (χ0n) is 10.4. The highest BCUT2D eigenvalue weighted by Crippen LogP contribution is 2.19. The molecule has 0 amide bonds. The molecule has 0 aliphatic heterocycles. The second-order valence-corrected chi connectivity index (χ2v) is 4.75. The molecule has 1 N–H and O–H groups in total. The van der Waals surface area contributed by atoms with Crippen molar-refractivity contribution in [2.45, 2.75) is 39.2 Å². The van der Waals surface area contributed by atoms with Crippen LogP contribution in [0.1, 0.15) is 36.8 Å². The molecule has 92 valence electrons. The van der Waals surface area contributed by atoms with E-state index >= 15 is 0 Å². The Bertz CT molecular complexity index is 409. The fraction of sp³-hybridized carbons (Fsp3) is 0.467. The second kappa shape index (κ2) is 5.97. The summed E-state index contributed by atoms with van der Waals surface area (Å²) < 4.78 is 13.1. The second-order valence-electron chi connectivity index (χ2n) is 4.75. The number of rotatable bonds is 5. The van der Waals surface area contributed by atoms with Gasteiger partial charge in [0, 0.05) is 6.54 Å². The van der Waals surface area contributed by atoms with E-state index in [1.54, 1.807) is 11.6 Å². The minimum atomic E-state index is -0.147. The van der Waals surface area contributed by atoms with Crippen molar-refractivity contribution < 1.29 is 4.39 Å². The fourth-order valence-electron chi connectivity index (χ4n) is 2.27. The number of halogens is 1. The normalized spacial score (nSPS) is 15.1. The highest BCUT2D eigenvalue weighted by atomic mass is 19.1. The van der Waals surface area contributed by atoms with Crippen LogP contribution in [0.15, 0.2) is 29.8 Å². The average molecular weight is 233 g/mol. The van der Waals surface area contributed by atoms with Crippen molar-refractivity contribution >= 4 is 0 Å². The van der Waals surface area contributed by atoms with Crippen molar-refractivity contribution in [3.8, 4) is 0 Å². The highest BCUT2D eigenvalue weighted by Gasteiger charge is 2.04. The quantitative estimate of drug-likeness (QED) is 0.603. The maximum absolute atomic E-state index is 13.1. The Balaban J connectivity index is 1.75. The van der Waals surface area contributed by atoms with Gasteiger partial charge in [-0.3, -0.25) is 0 Å². The third-order valence-corrected chi connectivity index (χ3v) is 3.38. The molecule has 1 nitrogen and oxygen atoms in total. The Kier molecular flexibility index (Phi) is 4.32. The van der Waals surface area contributed by atoms with Crippen molar-refractivity contribution in [3.63, 3.8) is 0 Å². The lowest BCUT2D eigenvalue weighted by Crippen LogP contribution is -2.16. The third kappa shape index (κ3) is 3.67. The number of hydrogen-bond donors (Lipinski definition) is 1. The Labute approximate surface area is 103 Å². The van der Waals surface area contributed by atoms with Crippen LogP contribution in [0.2, 0.25) is 0 Å². The molecule has 1 aromatic carbocycles. The van der Waals surface area contributed by atoms with E-state index in [4.69, 9.17) is 0 Å². The van der Waals surface area contributed by atoms with Gasteiger partial charge in [-0.15, -0.1) is 0 Å².